The topological polar surface area (TPSA) is 89.6 Å². The molecule has 9 nitrogen and oxygen atoms in total. The Morgan fingerprint density at radius 2 is 1.81 bits per heavy atom. The van der Waals surface area contributed by atoms with Crippen LogP contribution in [0, 0.1) is 17.8 Å². The highest BCUT2D eigenvalue weighted by Crippen LogP contribution is 2.38. The first-order valence-electron chi connectivity index (χ1n) is 14.7. The average Bonchev–Trinajstić information content (AvgIpc) is 3.53. The van der Waals surface area contributed by atoms with E-state index in [1.807, 2.05) is 23.1 Å². The second-order valence-electron chi connectivity index (χ2n) is 11.8. The molecule has 0 radical (unpaired) electrons. The van der Waals surface area contributed by atoms with Gasteiger partial charge in [0, 0.05) is 25.5 Å². The lowest BCUT2D eigenvalue weighted by molar-refractivity contribution is -0.156. The molecule has 2 N–H and O–H groups in total. The number of alkyl halides is 3. The predicted octanol–water partition coefficient (Wildman–Crippen LogP) is 4.14. The third-order valence-electron chi connectivity index (χ3n) is 8.77. The second kappa shape index (κ2) is 12.1. The van der Waals surface area contributed by atoms with Crippen molar-refractivity contribution in [3.63, 3.8) is 0 Å². The van der Waals surface area contributed by atoms with Crippen molar-refractivity contribution in [2.45, 2.75) is 50.0 Å². The number of piperidine rings is 1. The van der Waals surface area contributed by atoms with Gasteiger partial charge < -0.3 is 24.8 Å². The molecule has 0 spiro atoms. The van der Waals surface area contributed by atoms with Crippen LogP contribution in [0.5, 0.6) is 0 Å². The normalized spacial score (nSPS) is 21.8. The number of halogens is 3. The number of likely N-dealkylation sites (tertiary alicyclic amines) is 1. The molecule has 1 amide bonds. The lowest BCUT2D eigenvalue weighted by atomic mass is 9.88. The fourth-order valence-electron chi connectivity index (χ4n) is 6.44. The molecule has 2 bridgehead atoms. The van der Waals surface area contributed by atoms with Crippen LogP contribution >= 0.6 is 0 Å². The minimum atomic E-state index is -4.39. The molecule has 0 saturated carbocycles. The smallest absolute Gasteiger partial charge is 0.377 e. The van der Waals surface area contributed by atoms with E-state index in [-0.39, 0.29) is 5.91 Å². The van der Waals surface area contributed by atoms with Gasteiger partial charge in [0.25, 0.3) is 5.91 Å². The van der Waals surface area contributed by atoms with Crippen molar-refractivity contribution in [2.75, 3.05) is 57.2 Å². The van der Waals surface area contributed by atoms with Gasteiger partial charge in [-0.25, -0.2) is 9.97 Å². The summed E-state index contributed by atoms with van der Waals surface area (Å²) < 4.78 is 48.3. The van der Waals surface area contributed by atoms with Crippen LogP contribution in [-0.2, 0) is 9.53 Å². The van der Waals surface area contributed by atoms with E-state index in [1.165, 1.54) is 4.90 Å². The quantitative estimate of drug-likeness (QED) is 0.414. The Hall–Kier alpha value is -3.82. The van der Waals surface area contributed by atoms with Crippen LogP contribution < -0.4 is 10.2 Å². The summed E-state index contributed by atoms with van der Waals surface area (Å²) in [6.07, 6.45) is 0.112. The summed E-state index contributed by atoms with van der Waals surface area (Å²) in [5.41, 5.74) is 2.83. The van der Waals surface area contributed by atoms with Crippen molar-refractivity contribution < 1.29 is 22.7 Å². The van der Waals surface area contributed by atoms with Crippen molar-refractivity contribution in [3.05, 3.63) is 36.7 Å². The van der Waals surface area contributed by atoms with Crippen molar-refractivity contribution >= 4 is 28.4 Å². The monoisotopic (exact) mass is 595 g/mol. The molecule has 6 rings (SSSR count). The van der Waals surface area contributed by atoms with Crippen molar-refractivity contribution in [2.24, 2.45) is 5.92 Å². The first kappa shape index (κ1) is 29.3. The molecule has 3 fully saturated rings. The number of carbonyl (C=O) groups is 1. The molecule has 3 aliphatic rings. The average molecular weight is 596 g/mol. The SMILES string of the molecule is CN(C)C(=O)C#CCN1CCC(C(Nc2ccc(-c3cc4c(N5C6CCC5COC6)ncnc4[nH]3)cc2)C(F)(F)F)CC1. The number of anilines is 2. The fraction of sp³-hybridized carbons (Fsp3) is 0.516. The number of rotatable bonds is 6. The molecule has 3 saturated heterocycles. The van der Waals surface area contributed by atoms with Gasteiger partial charge in [-0.2, -0.15) is 13.2 Å². The van der Waals surface area contributed by atoms with Gasteiger partial charge in [0.05, 0.1) is 37.2 Å². The largest absolute Gasteiger partial charge is 0.408 e. The Bertz CT molecular complexity index is 1490. The molecular formula is C31H36F3N7O2. The number of hydrogen-bond donors (Lipinski definition) is 2. The lowest BCUT2D eigenvalue weighted by Crippen LogP contribution is -2.47. The van der Waals surface area contributed by atoms with Gasteiger partial charge in [0.1, 0.15) is 23.8 Å². The Labute approximate surface area is 248 Å². The zero-order valence-electron chi connectivity index (χ0n) is 24.3. The van der Waals surface area contributed by atoms with E-state index in [4.69, 9.17) is 4.74 Å². The van der Waals surface area contributed by atoms with E-state index >= 15 is 0 Å². The van der Waals surface area contributed by atoms with Crippen LogP contribution in [-0.4, -0.2) is 102 Å². The molecule has 3 aliphatic heterocycles. The van der Waals surface area contributed by atoms with Gasteiger partial charge in [-0.15, -0.1) is 0 Å². The highest BCUT2D eigenvalue weighted by atomic mass is 19.4. The zero-order chi connectivity index (χ0) is 30.1. The number of hydrogen-bond acceptors (Lipinski definition) is 7. The van der Waals surface area contributed by atoms with Crippen LogP contribution in [0.1, 0.15) is 25.7 Å². The molecule has 228 valence electrons. The molecule has 1 aromatic carbocycles. The van der Waals surface area contributed by atoms with Gasteiger partial charge in [0.15, 0.2) is 0 Å². The van der Waals surface area contributed by atoms with Gasteiger partial charge in [0.2, 0.25) is 0 Å². The first-order chi connectivity index (χ1) is 20.7. The van der Waals surface area contributed by atoms with Crippen LogP contribution in [0.2, 0.25) is 0 Å². The highest BCUT2D eigenvalue weighted by molar-refractivity contribution is 5.93. The molecule has 0 aliphatic carbocycles. The van der Waals surface area contributed by atoms with Crippen molar-refractivity contribution in [3.8, 4) is 23.1 Å². The van der Waals surface area contributed by atoms with Crippen molar-refractivity contribution in [1.82, 2.24) is 24.8 Å². The predicted molar refractivity (Wildman–Crippen MR) is 159 cm³/mol. The Morgan fingerprint density at radius 1 is 1.12 bits per heavy atom. The number of H-pyrrole nitrogens is 1. The standard InChI is InChI=1S/C31H36F3N7O2/c1-39(2)27(42)4-3-13-40-14-11-21(12-15-40)28(31(32,33)34)37-22-7-5-20(6-8-22)26-16-25-29(38-26)35-19-36-30(25)41-23-9-10-24(41)18-43-17-23/h5-8,16,19,21,23-24,28,37H,9-15,17-18H2,1-2H3,(H,35,36,38). The van der Waals surface area contributed by atoms with Gasteiger partial charge in [-0.3, -0.25) is 9.69 Å². The third-order valence-corrected chi connectivity index (χ3v) is 8.77. The van der Waals surface area contributed by atoms with Crippen LogP contribution in [0.25, 0.3) is 22.3 Å². The minimum absolute atomic E-state index is 0.287. The Morgan fingerprint density at radius 3 is 2.47 bits per heavy atom. The molecule has 3 atom stereocenters. The maximum Gasteiger partial charge on any atom is 0.408 e. The third kappa shape index (κ3) is 6.28. The van der Waals surface area contributed by atoms with Gasteiger partial charge in [-0.1, -0.05) is 18.1 Å². The summed E-state index contributed by atoms with van der Waals surface area (Å²) in [6.45, 7) is 2.76. The van der Waals surface area contributed by atoms with E-state index < -0.39 is 18.1 Å². The summed E-state index contributed by atoms with van der Waals surface area (Å²) >= 11 is 0. The number of nitrogens with one attached hydrogen (secondary N) is 2. The summed E-state index contributed by atoms with van der Waals surface area (Å²) in [4.78, 5) is 29.8. The minimum Gasteiger partial charge on any atom is -0.377 e. The molecule has 2 aromatic heterocycles. The fourth-order valence-corrected chi connectivity index (χ4v) is 6.44. The molecule has 12 heteroatoms. The summed E-state index contributed by atoms with van der Waals surface area (Å²) in [5.74, 6) is 5.44. The Kier molecular flexibility index (Phi) is 8.20. The van der Waals surface area contributed by atoms with E-state index in [1.54, 1.807) is 32.6 Å². The van der Waals surface area contributed by atoms with Crippen molar-refractivity contribution in [1.29, 1.82) is 0 Å². The summed E-state index contributed by atoms with van der Waals surface area (Å²) in [6, 6.07) is 8.02. The lowest BCUT2D eigenvalue weighted by Gasteiger charge is -2.36. The van der Waals surface area contributed by atoms with E-state index in [0.29, 0.717) is 63.5 Å². The van der Waals surface area contributed by atoms with Gasteiger partial charge >= 0.3 is 6.18 Å². The number of carbonyl (C=O) groups excluding carboxylic acids is 1. The number of morpholine rings is 1. The van der Waals surface area contributed by atoms with Gasteiger partial charge in [-0.05, 0) is 74.4 Å². The van der Waals surface area contributed by atoms with Crippen LogP contribution in [0.3, 0.4) is 0 Å². The number of nitrogens with zero attached hydrogens (tertiary/aromatic N) is 5. The van der Waals surface area contributed by atoms with E-state index in [9.17, 15) is 18.0 Å². The molecule has 3 aromatic rings. The number of aromatic amines is 1. The number of aromatic nitrogens is 3. The molecular weight excluding hydrogens is 559 g/mol. The number of fused-ring (bicyclic) bond motifs is 3. The Balaban J connectivity index is 1.13. The number of ether oxygens (including phenoxy) is 1. The molecule has 5 heterocycles. The number of amides is 1. The van der Waals surface area contributed by atoms with E-state index in [0.717, 1.165) is 41.0 Å². The molecule has 43 heavy (non-hydrogen) atoms. The summed E-state index contributed by atoms with van der Waals surface area (Å²) in [5, 5.41) is 3.70. The zero-order valence-corrected chi connectivity index (χ0v) is 24.3. The van der Waals surface area contributed by atoms with E-state index in [2.05, 4.69) is 37.0 Å². The number of benzene rings is 1. The second-order valence-corrected chi connectivity index (χ2v) is 11.8. The maximum absolute atomic E-state index is 14.2. The highest BCUT2D eigenvalue weighted by Gasteiger charge is 2.45. The maximum atomic E-state index is 14.2. The van der Waals surface area contributed by atoms with Crippen LogP contribution in [0.15, 0.2) is 36.7 Å². The molecule has 3 unspecified atom stereocenters. The van der Waals surface area contributed by atoms with Crippen LogP contribution in [0.4, 0.5) is 24.7 Å². The first-order valence-corrected chi connectivity index (χ1v) is 14.7. The summed E-state index contributed by atoms with van der Waals surface area (Å²) in [7, 11) is 3.25.